The molecule has 2 aromatic rings. The topological polar surface area (TPSA) is 41.8 Å². The van der Waals surface area contributed by atoms with E-state index in [1.807, 2.05) is 40.2 Å². The third kappa shape index (κ3) is 6.86. The molecule has 2 rings (SSSR count). The first-order valence-corrected chi connectivity index (χ1v) is 8.51. The first-order chi connectivity index (χ1) is 12.0. The molecule has 0 bridgehead atoms. The Bertz CT molecular complexity index is 704. The van der Waals surface area contributed by atoms with Crippen molar-refractivity contribution in [2.75, 3.05) is 20.1 Å². The lowest BCUT2D eigenvalue weighted by Gasteiger charge is -2.23. The molecule has 0 amide bonds. The highest BCUT2D eigenvalue weighted by Crippen LogP contribution is 2.14. The van der Waals surface area contributed by atoms with E-state index >= 15 is 0 Å². The molecular formula is C19H28FIN4O. The Hall–Kier alpha value is -1.77. The smallest absolute Gasteiger partial charge is 0.194 e. The summed E-state index contributed by atoms with van der Waals surface area (Å²) in [4.78, 5) is 6.72. The van der Waals surface area contributed by atoms with Gasteiger partial charge in [0.15, 0.2) is 5.96 Å². The van der Waals surface area contributed by atoms with Crippen LogP contribution in [0.1, 0.15) is 19.5 Å². The maximum atomic E-state index is 13.2. The Morgan fingerprint density at radius 2 is 2.12 bits per heavy atom. The third-order valence-electron chi connectivity index (χ3n) is 3.78. The third-order valence-corrected chi connectivity index (χ3v) is 3.78. The van der Waals surface area contributed by atoms with Crippen LogP contribution < -0.4 is 10.1 Å². The Morgan fingerprint density at radius 1 is 1.35 bits per heavy atom. The summed E-state index contributed by atoms with van der Waals surface area (Å²) in [6, 6.07) is 10.3. The molecule has 1 unspecified atom stereocenters. The SMILES string of the molecule is CCNC(=NCC(C)Oc1cccc(F)c1)N(C)Cc1cccn1C.I. The normalized spacial score (nSPS) is 12.3. The lowest BCUT2D eigenvalue weighted by atomic mass is 10.3. The number of hydrogen-bond donors (Lipinski definition) is 1. The first-order valence-electron chi connectivity index (χ1n) is 8.51. The van der Waals surface area contributed by atoms with Gasteiger partial charge < -0.3 is 19.5 Å². The van der Waals surface area contributed by atoms with E-state index in [1.54, 1.807) is 12.1 Å². The maximum Gasteiger partial charge on any atom is 0.194 e. The van der Waals surface area contributed by atoms with Crippen LogP contribution in [0, 0.1) is 5.82 Å². The molecule has 0 fully saturated rings. The molecule has 0 spiro atoms. The zero-order valence-corrected chi connectivity index (χ0v) is 18.1. The van der Waals surface area contributed by atoms with E-state index in [1.165, 1.54) is 17.8 Å². The highest BCUT2D eigenvalue weighted by molar-refractivity contribution is 14.0. The number of nitrogens with zero attached hydrogens (tertiary/aromatic N) is 3. The van der Waals surface area contributed by atoms with Crippen LogP contribution in [0.4, 0.5) is 4.39 Å². The number of rotatable bonds is 7. The van der Waals surface area contributed by atoms with Gasteiger partial charge in [0.05, 0.1) is 13.1 Å². The number of halogens is 2. The van der Waals surface area contributed by atoms with Crippen LogP contribution in [-0.4, -0.2) is 41.7 Å². The number of guanidine groups is 1. The molecular weight excluding hydrogens is 446 g/mol. The molecule has 0 radical (unpaired) electrons. The Labute approximate surface area is 172 Å². The van der Waals surface area contributed by atoms with Gasteiger partial charge in [-0.1, -0.05) is 6.07 Å². The Balaban J connectivity index is 0.00000338. The maximum absolute atomic E-state index is 13.2. The van der Waals surface area contributed by atoms with Gasteiger partial charge in [-0.3, -0.25) is 0 Å². The fourth-order valence-corrected chi connectivity index (χ4v) is 2.47. The summed E-state index contributed by atoms with van der Waals surface area (Å²) in [5.41, 5.74) is 1.21. The van der Waals surface area contributed by atoms with E-state index in [0.717, 1.165) is 19.0 Å². The van der Waals surface area contributed by atoms with Gasteiger partial charge >= 0.3 is 0 Å². The fraction of sp³-hybridized carbons (Fsp3) is 0.421. The molecule has 0 aliphatic carbocycles. The average molecular weight is 474 g/mol. The number of aromatic nitrogens is 1. The second-order valence-corrected chi connectivity index (χ2v) is 6.05. The number of ether oxygens (including phenoxy) is 1. The molecule has 1 atom stereocenters. The van der Waals surface area contributed by atoms with Crippen molar-refractivity contribution in [1.29, 1.82) is 0 Å². The molecule has 1 heterocycles. The Morgan fingerprint density at radius 3 is 2.73 bits per heavy atom. The van der Waals surface area contributed by atoms with Crippen LogP contribution >= 0.6 is 24.0 Å². The van der Waals surface area contributed by atoms with Gasteiger partial charge in [0.1, 0.15) is 17.7 Å². The van der Waals surface area contributed by atoms with E-state index in [9.17, 15) is 4.39 Å². The van der Waals surface area contributed by atoms with Crippen molar-refractivity contribution in [2.45, 2.75) is 26.5 Å². The predicted molar refractivity (Wildman–Crippen MR) is 115 cm³/mol. The molecule has 144 valence electrons. The van der Waals surface area contributed by atoms with Crippen LogP contribution in [-0.2, 0) is 13.6 Å². The van der Waals surface area contributed by atoms with Gasteiger partial charge in [0.25, 0.3) is 0 Å². The van der Waals surface area contributed by atoms with Crippen molar-refractivity contribution in [1.82, 2.24) is 14.8 Å². The molecule has 5 nitrogen and oxygen atoms in total. The quantitative estimate of drug-likeness (QED) is 0.379. The van der Waals surface area contributed by atoms with Crippen LogP contribution in [0.5, 0.6) is 5.75 Å². The summed E-state index contributed by atoms with van der Waals surface area (Å²) < 4.78 is 21.0. The Kier molecular flexibility index (Phi) is 9.47. The van der Waals surface area contributed by atoms with Crippen LogP contribution in [0.15, 0.2) is 47.6 Å². The molecule has 26 heavy (non-hydrogen) atoms. The van der Waals surface area contributed by atoms with Crippen molar-refractivity contribution < 1.29 is 9.13 Å². The van der Waals surface area contributed by atoms with Crippen LogP contribution in [0.25, 0.3) is 0 Å². The van der Waals surface area contributed by atoms with E-state index in [2.05, 4.69) is 25.8 Å². The van der Waals surface area contributed by atoms with Gasteiger partial charge in [-0.25, -0.2) is 9.38 Å². The van der Waals surface area contributed by atoms with Crippen molar-refractivity contribution in [3.63, 3.8) is 0 Å². The number of benzene rings is 1. The van der Waals surface area contributed by atoms with E-state index < -0.39 is 0 Å². The number of hydrogen-bond acceptors (Lipinski definition) is 2. The highest BCUT2D eigenvalue weighted by Gasteiger charge is 2.10. The predicted octanol–water partition coefficient (Wildman–Crippen LogP) is 3.65. The van der Waals surface area contributed by atoms with E-state index in [4.69, 9.17) is 4.74 Å². The van der Waals surface area contributed by atoms with Gasteiger partial charge in [0.2, 0.25) is 0 Å². The lowest BCUT2D eigenvalue weighted by molar-refractivity contribution is 0.228. The van der Waals surface area contributed by atoms with Crippen molar-refractivity contribution in [3.05, 3.63) is 54.1 Å². The van der Waals surface area contributed by atoms with Crippen LogP contribution in [0.2, 0.25) is 0 Å². The van der Waals surface area contributed by atoms with Crippen molar-refractivity contribution in [3.8, 4) is 5.75 Å². The summed E-state index contributed by atoms with van der Waals surface area (Å²) in [5.74, 6) is 1.03. The summed E-state index contributed by atoms with van der Waals surface area (Å²) in [6.45, 7) is 5.99. The lowest BCUT2D eigenvalue weighted by Crippen LogP contribution is -2.39. The molecule has 0 aliphatic heterocycles. The molecule has 1 aromatic heterocycles. The fourth-order valence-electron chi connectivity index (χ4n) is 2.47. The molecule has 7 heteroatoms. The van der Waals surface area contributed by atoms with Gasteiger partial charge in [-0.2, -0.15) is 0 Å². The van der Waals surface area contributed by atoms with E-state index in [0.29, 0.717) is 12.3 Å². The minimum Gasteiger partial charge on any atom is -0.489 e. The minimum atomic E-state index is -0.302. The molecule has 0 saturated carbocycles. The van der Waals surface area contributed by atoms with Gasteiger partial charge in [0, 0.05) is 38.6 Å². The largest absolute Gasteiger partial charge is 0.489 e. The zero-order chi connectivity index (χ0) is 18.2. The second-order valence-electron chi connectivity index (χ2n) is 6.05. The second kappa shape index (κ2) is 11.1. The minimum absolute atomic E-state index is 0. The molecule has 1 aromatic carbocycles. The molecule has 0 saturated heterocycles. The monoisotopic (exact) mass is 474 g/mol. The van der Waals surface area contributed by atoms with Crippen molar-refractivity contribution in [2.24, 2.45) is 12.0 Å². The van der Waals surface area contributed by atoms with E-state index in [-0.39, 0.29) is 35.9 Å². The van der Waals surface area contributed by atoms with Gasteiger partial charge in [-0.15, -0.1) is 24.0 Å². The summed E-state index contributed by atoms with van der Waals surface area (Å²) in [5, 5.41) is 3.29. The standard InChI is InChI=1S/C19H27FN4O.HI/c1-5-21-19(24(4)14-17-9-7-11-23(17)3)22-13-15(2)25-18-10-6-8-16(20)12-18;/h6-12,15H,5,13-14H2,1-4H3,(H,21,22);1H. The number of nitrogens with one attached hydrogen (secondary N) is 1. The van der Waals surface area contributed by atoms with Gasteiger partial charge in [-0.05, 0) is 38.1 Å². The summed E-state index contributed by atoms with van der Waals surface area (Å²) >= 11 is 0. The highest BCUT2D eigenvalue weighted by atomic mass is 127. The number of aryl methyl sites for hydroxylation is 1. The first kappa shape index (κ1) is 22.3. The van der Waals surface area contributed by atoms with Crippen LogP contribution in [0.3, 0.4) is 0 Å². The molecule has 0 aliphatic rings. The summed E-state index contributed by atoms with van der Waals surface area (Å²) in [6.07, 6.45) is 1.88. The summed E-state index contributed by atoms with van der Waals surface area (Å²) in [7, 11) is 4.04. The number of aliphatic imine (C=N–C) groups is 1. The molecule has 1 N–H and O–H groups in total. The average Bonchev–Trinajstić information content (AvgIpc) is 2.96. The van der Waals surface area contributed by atoms with Crippen molar-refractivity contribution >= 4 is 29.9 Å². The zero-order valence-electron chi connectivity index (χ0n) is 15.8.